The Hall–Kier alpha value is -3.53. The lowest BCUT2D eigenvalue weighted by atomic mass is 10.0. The van der Waals surface area contributed by atoms with Crippen molar-refractivity contribution in [2.24, 2.45) is 0 Å². The number of imidazole rings is 1. The van der Waals surface area contributed by atoms with Gasteiger partial charge in [0, 0.05) is 16.8 Å². The average Bonchev–Trinajstić information content (AvgIpc) is 3.19. The summed E-state index contributed by atoms with van der Waals surface area (Å²) in [6.45, 7) is 2.09. The highest BCUT2D eigenvalue weighted by Gasteiger charge is 2.16. The van der Waals surface area contributed by atoms with Gasteiger partial charge >= 0.3 is 0 Å². The molecule has 0 amide bonds. The van der Waals surface area contributed by atoms with Crippen LogP contribution in [0.3, 0.4) is 0 Å². The van der Waals surface area contributed by atoms with Crippen molar-refractivity contribution in [3.8, 4) is 39.7 Å². The molecule has 0 N–H and O–H groups in total. The first-order valence-corrected chi connectivity index (χ1v) is 9.13. The summed E-state index contributed by atoms with van der Waals surface area (Å²) in [5.74, 6) is 1.66. The van der Waals surface area contributed by atoms with E-state index in [4.69, 9.17) is 14.5 Å². The van der Waals surface area contributed by atoms with Gasteiger partial charge in [-0.15, -0.1) is 0 Å². The van der Waals surface area contributed by atoms with Gasteiger partial charge in [-0.1, -0.05) is 17.7 Å². The number of aromatic nitrogens is 2. The summed E-state index contributed by atoms with van der Waals surface area (Å²) < 4.78 is 12.7. The molecule has 3 aromatic carbocycles. The Kier molecular flexibility index (Phi) is 4.85. The molecule has 4 nitrogen and oxygen atoms in total. The standard InChI is InChI=1S/C24H22N2O2/c1-17-4-10-20(11-5-17)26-16-25-23(18-6-12-21(27-2)13-7-18)24(26)19-8-14-22(28-3)15-9-19/h4-16H,1-3H3. The first kappa shape index (κ1) is 17.9. The first-order valence-electron chi connectivity index (χ1n) is 9.13. The molecule has 0 aliphatic rings. The summed E-state index contributed by atoms with van der Waals surface area (Å²) in [5.41, 5.74) is 6.38. The fourth-order valence-corrected chi connectivity index (χ4v) is 3.23. The molecule has 0 fully saturated rings. The van der Waals surface area contributed by atoms with Crippen molar-refractivity contribution >= 4 is 0 Å². The minimum absolute atomic E-state index is 0.827. The molecular formula is C24H22N2O2. The van der Waals surface area contributed by atoms with Crippen LogP contribution in [0.2, 0.25) is 0 Å². The minimum atomic E-state index is 0.827. The van der Waals surface area contributed by atoms with Gasteiger partial charge in [0.2, 0.25) is 0 Å². The van der Waals surface area contributed by atoms with Crippen LogP contribution >= 0.6 is 0 Å². The number of hydrogen-bond donors (Lipinski definition) is 0. The minimum Gasteiger partial charge on any atom is -0.497 e. The zero-order valence-electron chi connectivity index (χ0n) is 16.2. The Balaban J connectivity index is 1.89. The third-order valence-corrected chi connectivity index (χ3v) is 4.81. The van der Waals surface area contributed by atoms with E-state index in [2.05, 4.69) is 47.9 Å². The van der Waals surface area contributed by atoms with Crippen molar-refractivity contribution in [2.75, 3.05) is 14.2 Å². The second-order valence-electron chi connectivity index (χ2n) is 6.60. The lowest BCUT2D eigenvalue weighted by Gasteiger charge is -2.12. The Bertz CT molecular complexity index is 1060. The van der Waals surface area contributed by atoms with E-state index in [1.807, 2.05) is 42.7 Å². The SMILES string of the molecule is COc1ccc(-c2ncn(-c3ccc(C)cc3)c2-c2ccc(OC)cc2)cc1. The van der Waals surface area contributed by atoms with Crippen LogP contribution in [-0.4, -0.2) is 23.8 Å². The maximum absolute atomic E-state index is 5.32. The van der Waals surface area contributed by atoms with Gasteiger partial charge in [-0.2, -0.15) is 0 Å². The lowest BCUT2D eigenvalue weighted by molar-refractivity contribution is 0.414. The zero-order chi connectivity index (χ0) is 19.5. The van der Waals surface area contributed by atoms with Crippen molar-refractivity contribution in [3.63, 3.8) is 0 Å². The Morgan fingerprint density at radius 1 is 0.679 bits per heavy atom. The van der Waals surface area contributed by atoms with Crippen molar-refractivity contribution in [1.82, 2.24) is 9.55 Å². The normalized spacial score (nSPS) is 10.7. The molecule has 0 aliphatic carbocycles. The number of benzene rings is 3. The molecule has 4 heteroatoms. The van der Waals surface area contributed by atoms with Crippen LogP contribution in [0.4, 0.5) is 0 Å². The number of aryl methyl sites for hydroxylation is 1. The summed E-state index contributed by atoms with van der Waals surface area (Å²) in [6, 6.07) is 24.5. The van der Waals surface area contributed by atoms with Gasteiger partial charge in [0.1, 0.15) is 17.8 Å². The fraction of sp³-hybridized carbons (Fsp3) is 0.125. The molecule has 0 aliphatic heterocycles. The topological polar surface area (TPSA) is 36.3 Å². The van der Waals surface area contributed by atoms with E-state index in [1.54, 1.807) is 14.2 Å². The van der Waals surface area contributed by atoms with Gasteiger partial charge in [0.05, 0.1) is 25.6 Å². The van der Waals surface area contributed by atoms with Crippen LogP contribution in [0.25, 0.3) is 28.2 Å². The maximum Gasteiger partial charge on any atom is 0.118 e. The second kappa shape index (κ2) is 7.61. The van der Waals surface area contributed by atoms with Gasteiger partial charge in [-0.25, -0.2) is 4.98 Å². The Morgan fingerprint density at radius 2 is 1.21 bits per heavy atom. The third kappa shape index (κ3) is 3.37. The Labute approximate surface area is 165 Å². The van der Waals surface area contributed by atoms with E-state index in [9.17, 15) is 0 Å². The molecule has 0 spiro atoms. The number of nitrogens with zero attached hydrogens (tertiary/aromatic N) is 2. The highest BCUT2D eigenvalue weighted by atomic mass is 16.5. The number of ether oxygens (including phenoxy) is 2. The molecule has 0 saturated heterocycles. The molecule has 1 heterocycles. The molecule has 28 heavy (non-hydrogen) atoms. The second-order valence-corrected chi connectivity index (χ2v) is 6.60. The van der Waals surface area contributed by atoms with Crippen LogP contribution in [0, 0.1) is 6.92 Å². The van der Waals surface area contributed by atoms with Crippen molar-refractivity contribution in [2.45, 2.75) is 6.92 Å². The van der Waals surface area contributed by atoms with E-state index >= 15 is 0 Å². The molecule has 0 unspecified atom stereocenters. The monoisotopic (exact) mass is 370 g/mol. The molecule has 0 radical (unpaired) electrons. The van der Waals surface area contributed by atoms with Gasteiger partial charge in [-0.05, 0) is 67.6 Å². The van der Waals surface area contributed by atoms with Crippen molar-refractivity contribution in [3.05, 3.63) is 84.7 Å². The maximum atomic E-state index is 5.32. The molecule has 0 bridgehead atoms. The van der Waals surface area contributed by atoms with Crippen LogP contribution in [-0.2, 0) is 0 Å². The predicted octanol–water partition coefficient (Wildman–Crippen LogP) is 5.53. The van der Waals surface area contributed by atoms with E-state index in [1.165, 1.54) is 5.56 Å². The van der Waals surface area contributed by atoms with Crippen LogP contribution < -0.4 is 9.47 Å². The van der Waals surface area contributed by atoms with E-state index in [0.29, 0.717) is 0 Å². The van der Waals surface area contributed by atoms with E-state index < -0.39 is 0 Å². The number of methoxy groups -OCH3 is 2. The molecule has 4 aromatic rings. The van der Waals surface area contributed by atoms with Crippen LogP contribution in [0.5, 0.6) is 11.5 Å². The summed E-state index contributed by atoms with van der Waals surface area (Å²) >= 11 is 0. The van der Waals surface area contributed by atoms with E-state index in [-0.39, 0.29) is 0 Å². The van der Waals surface area contributed by atoms with Gasteiger partial charge in [-0.3, -0.25) is 4.57 Å². The highest BCUT2D eigenvalue weighted by Crippen LogP contribution is 2.34. The largest absolute Gasteiger partial charge is 0.497 e. The molecule has 1 aromatic heterocycles. The van der Waals surface area contributed by atoms with E-state index in [0.717, 1.165) is 39.7 Å². The number of rotatable bonds is 5. The summed E-state index contributed by atoms with van der Waals surface area (Å²) in [6.07, 6.45) is 1.88. The predicted molar refractivity (Wildman–Crippen MR) is 112 cm³/mol. The van der Waals surface area contributed by atoms with Gasteiger partial charge < -0.3 is 9.47 Å². The molecule has 4 rings (SSSR count). The van der Waals surface area contributed by atoms with Crippen LogP contribution in [0.1, 0.15) is 5.56 Å². The Morgan fingerprint density at radius 3 is 1.75 bits per heavy atom. The summed E-state index contributed by atoms with van der Waals surface area (Å²) in [7, 11) is 3.35. The first-order chi connectivity index (χ1) is 13.7. The summed E-state index contributed by atoms with van der Waals surface area (Å²) in [5, 5.41) is 0. The van der Waals surface area contributed by atoms with Gasteiger partial charge in [0.15, 0.2) is 0 Å². The van der Waals surface area contributed by atoms with Crippen LogP contribution in [0.15, 0.2) is 79.1 Å². The quantitative estimate of drug-likeness (QED) is 0.463. The molecule has 140 valence electrons. The highest BCUT2D eigenvalue weighted by molar-refractivity contribution is 5.80. The van der Waals surface area contributed by atoms with Gasteiger partial charge in [0.25, 0.3) is 0 Å². The summed E-state index contributed by atoms with van der Waals surface area (Å²) in [4.78, 5) is 4.75. The molecular weight excluding hydrogens is 348 g/mol. The van der Waals surface area contributed by atoms with Crippen molar-refractivity contribution in [1.29, 1.82) is 0 Å². The average molecular weight is 370 g/mol. The molecule has 0 atom stereocenters. The zero-order valence-corrected chi connectivity index (χ0v) is 16.2. The third-order valence-electron chi connectivity index (χ3n) is 4.81. The molecule has 0 saturated carbocycles. The smallest absolute Gasteiger partial charge is 0.118 e. The number of hydrogen-bond acceptors (Lipinski definition) is 3. The van der Waals surface area contributed by atoms with Crippen molar-refractivity contribution < 1.29 is 9.47 Å². The lowest BCUT2D eigenvalue weighted by Crippen LogP contribution is -1.96. The fourth-order valence-electron chi connectivity index (χ4n) is 3.23.